The van der Waals surface area contributed by atoms with Gasteiger partial charge in [-0.05, 0) is 121 Å². The van der Waals surface area contributed by atoms with Gasteiger partial charge in [0.25, 0.3) is 0 Å². The van der Waals surface area contributed by atoms with Crippen molar-refractivity contribution in [2.75, 3.05) is 0 Å². The molecule has 7 rings (SSSR count). The summed E-state index contributed by atoms with van der Waals surface area (Å²) in [4.78, 5) is 3.13. The van der Waals surface area contributed by atoms with E-state index in [4.69, 9.17) is 0 Å². The van der Waals surface area contributed by atoms with E-state index in [0.717, 1.165) is 23.7 Å². The molecule has 0 unspecified atom stereocenters. The monoisotopic (exact) mass is 564 g/mol. The quantitative estimate of drug-likeness (QED) is 0.279. The molecule has 2 aromatic carbocycles. The van der Waals surface area contributed by atoms with E-state index in [-0.39, 0.29) is 0 Å². The van der Waals surface area contributed by atoms with Gasteiger partial charge in [-0.3, -0.25) is 0 Å². The maximum Gasteiger partial charge on any atom is 0.0355 e. The van der Waals surface area contributed by atoms with E-state index in [2.05, 4.69) is 59.9 Å². The van der Waals surface area contributed by atoms with Gasteiger partial charge in [0.05, 0.1) is 0 Å². The Labute approximate surface area is 254 Å². The topological polar surface area (TPSA) is 0 Å². The molecule has 1 heterocycles. The molecule has 41 heavy (non-hydrogen) atoms. The predicted octanol–water partition coefficient (Wildman–Crippen LogP) is 13.3. The van der Waals surface area contributed by atoms with Crippen LogP contribution in [0.3, 0.4) is 0 Å². The van der Waals surface area contributed by atoms with Gasteiger partial charge in [0.2, 0.25) is 0 Å². The molecule has 0 amide bonds. The zero-order valence-corrected chi connectivity index (χ0v) is 26.3. The summed E-state index contributed by atoms with van der Waals surface area (Å²) in [7, 11) is 0. The predicted molar refractivity (Wildman–Crippen MR) is 178 cm³/mol. The molecule has 218 valence electrons. The highest BCUT2D eigenvalue weighted by Gasteiger charge is 2.29. The summed E-state index contributed by atoms with van der Waals surface area (Å²) in [6.07, 6.45) is 28.1. The molecule has 0 bridgehead atoms. The van der Waals surface area contributed by atoms with Crippen LogP contribution in [-0.4, -0.2) is 0 Å². The molecule has 4 aliphatic rings. The summed E-state index contributed by atoms with van der Waals surface area (Å²) < 4.78 is 0. The van der Waals surface area contributed by atoms with Crippen LogP contribution in [0.4, 0.5) is 0 Å². The normalized spacial score (nSPS) is 22.2. The molecule has 3 aromatic rings. The van der Waals surface area contributed by atoms with Crippen molar-refractivity contribution in [1.82, 2.24) is 0 Å². The van der Waals surface area contributed by atoms with Crippen LogP contribution in [0.5, 0.6) is 0 Å². The Morgan fingerprint density at radius 2 is 0.610 bits per heavy atom. The van der Waals surface area contributed by atoms with Gasteiger partial charge in [0.15, 0.2) is 0 Å². The van der Waals surface area contributed by atoms with Crippen LogP contribution in [-0.2, 0) is 0 Å². The Bertz CT molecular complexity index is 1100. The Balaban J connectivity index is 1.34. The van der Waals surface area contributed by atoms with Crippen molar-refractivity contribution in [3.05, 3.63) is 70.8 Å². The molecule has 4 aliphatic carbocycles. The zero-order chi connectivity index (χ0) is 27.4. The van der Waals surface area contributed by atoms with Gasteiger partial charge in [-0.15, -0.1) is 11.3 Å². The Morgan fingerprint density at radius 1 is 0.341 bits per heavy atom. The van der Waals surface area contributed by atoms with Crippen molar-refractivity contribution >= 4 is 11.3 Å². The van der Waals surface area contributed by atoms with E-state index >= 15 is 0 Å². The first-order chi connectivity index (χ1) is 20.4. The van der Waals surface area contributed by atoms with Crippen molar-refractivity contribution < 1.29 is 0 Å². The summed E-state index contributed by atoms with van der Waals surface area (Å²) in [6.45, 7) is 0. The fraction of sp³-hybridized carbons (Fsp3) is 0.600. The fourth-order valence-corrected chi connectivity index (χ4v) is 10.6. The number of thiophene rings is 1. The second-order valence-corrected chi connectivity index (χ2v) is 15.2. The molecule has 4 fully saturated rings. The number of benzene rings is 2. The SMILES string of the molecule is c1cc(C2CCCCC2)c(-c2ccc(-c3c(C4CCCCC4)cccc3C3CCCCC3)s2)c(C2CCCCC2)c1. The first-order valence-corrected chi connectivity index (χ1v) is 18.5. The van der Waals surface area contributed by atoms with E-state index in [9.17, 15) is 0 Å². The second kappa shape index (κ2) is 13.2. The van der Waals surface area contributed by atoms with Crippen molar-refractivity contribution in [3.63, 3.8) is 0 Å². The first-order valence-electron chi connectivity index (χ1n) is 17.7. The average Bonchev–Trinajstić information content (AvgIpc) is 3.55. The van der Waals surface area contributed by atoms with Crippen LogP contribution in [0.15, 0.2) is 48.5 Å². The minimum absolute atomic E-state index is 0.750. The summed E-state index contributed by atoms with van der Waals surface area (Å²) in [5, 5.41) is 0. The molecule has 0 N–H and O–H groups in total. The molecule has 1 aromatic heterocycles. The van der Waals surface area contributed by atoms with Gasteiger partial charge in [-0.1, -0.05) is 113 Å². The molecule has 0 aliphatic heterocycles. The standard InChI is InChI=1S/C40H52S/c1-5-15-29(16-6-1)33-23-13-24-34(30-17-7-2-8-18-30)39(33)37-27-28-38(41-37)40-35(31-19-9-3-10-20-31)25-14-26-36(40)32-21-11-4-12-22-32/h13-14,23-32H,1-12,15-22H2. The van der Waals surface area contributed by atoms with E-state index in [1.54, 1.807) is 43.1 Å². The highest BCUT2D eigenvalue weighted by molar-refractivity contribution is 7.18. The van der Waals surface area contributed by atoms with Gasteiger partial charge in [0, 0.05) is 9.75 Å². The maximum absolute atomic E-state index is 2.55. The number of rotatable bonds is 6. The molecule has 4 saturated carbocycles. The smallest absolute Gasteiger partial charge is 0.0355 e. The second-order valence-electron chi connectivity index (χ2n) is 14.1. The molecule has 0 saturated heterocycles. The molecule has 1 heteroatoms. The minimum atomic E-state index is 0.750. The van der Waals surface area contributed by atoms with Crippen LogP contribution in [0.1, 0.15) is 174 Å². The lowest BCUT2D eigenvalue weighted by Gasteiger charge is -2.30. The van der Waals surface area contributed by atoms with E-state index in [0.29, 0.717) is 0 Å². The summed E-state index contributed by atoms with van der Waals surface area (Å²) in [5.41, 5.74) is 10.1. The van der Waals surface area contributed by atoms with Crippen molar-refractivity contribution in [2.45, 2.75) is 152 Å². The van der Waals surface area contributed by atoms with E-state index in [1.807, 2.05) is 0 Å². The molecular weight excluding hydrogens is 513 g/mol. The highest BCUT2D eigenvalue weighted by atomic mass is 32.1. The molecule has 0 atom stereocenters. The van der Waals surface area contributed by atoms with Crippen LogP contribution in [0.2, 0.25) is 0 Å². The van der Waals surface area contributed by atoms with Crippen molar-refractivity contribution in [2.24, 2.45) is 0 Å². The van der Waals surface area contributed by atoms with E-state index in [1.165, 1.54) is 128 Å². The van der Waals surface area contributed by atoms with E-state index < -0.39 is 0 Å². The lowest BCUT2D eigenvalue weighted by Crippen LogP contribution is -2.11. The Morgan fingerprint density at radius 3 is 0.878 bits per heavy atom. The third kappa shape index (κ3) is 6.00. The fourth-order valence-electron chi connectivity index (χ4n) is 9.37. The number of hydrogen-bond donors (Lipinski definition) is 0. The molecular formula is C40H52S. The molecule has 0 radical (unpaired) electrons. The third-order valence-electron chi connectivity index (χ3n) is 11.5. The number of hydrogen-bond acceptors (Lipinski definition) is 1. The van der Waals surface area contributed by atoms with Crippen LogP contribution in [0, 0.1) is 0 Å². The Hall–Kier alpha value is -1.86. The lowest BCUT2D eigenvalue weighted by atomic mass is 9.76. The highest BCUT2D eigenvalue weighted by Crippen LogP contribution is 2.50. The lowest BCUT2D eigenvalue weighted by molar-refractivity contribution is 0.437. The largest absolute Gasteiger partial charge is 0.135 e. The van der Waals surface area contributed by atoms with Crippen LogP contribution in [0.25, 0.3) is 20.9 Å². The first kappa shape index (κ1) is 27.9. The minimum Gasteiger partial charge on any atom is -0.135 e. The average molecular weight is 565 g/mol. The van der Waals surface area contributed by atoms with Gasteiger partial charge in [-0.2, -0.15) is 0 Å². The summed E-state index contributed by atoms with van der Waals surface area (Å²) >= 11 is 2.15. The van der Waals surface area contributed by atoms with Gasteiger partial charge < -0.3 is 0 Å². The Kier molecular flexibility index (Phi) is 8.99. The molecule has 0 spiro atoms. The summed E-state index contributed by atoms with van der Waals surface area (Å²) in [6, 6.07) is 20.1. The van der Waals surface area contributed by atoms with Gasteiger partial charge in [0.1, 0.15) is 0 Å². The van der Waals surface area contributed by atoms with Crippen LogP contribution < -0.4 is 0 Å². The maximum atomic E-state index is 2.55. The van der Waals surface area contributed by atoms with Gasteiger partial charge >= 0.3 is 0 Å². The summed E-state index contributed by atoms with van der Waals surface area (Å²) in [5.74, 6) is 3.00. The molecule has 0 nitrogen and oxygen atoms in total. The van der Waals surface area contributed by atoms with Crippen LogP contribution >= 0.6 is 11.3 Å². The van der Waals surface area contributed by atoms with Gasteiger partial charge in [-0.25, -0.2) is 0 Å². The van der Waals surface area contributed by atoms with Crippen molar-refractivity contribution in [3.8, 4) is 20.9 Å². The zero-order valence-electron chi connectivity index (χ0n) is 25.5. The van der Waals surface area contributed by atoms with Crippen molar-refractivity contribution in [1.29, 1.82) is 0 Å². The third-order valence-corrected chi connectivity index (χ3v) is 12.7.